The van der Waals surface area contributed by atoms with Crippen molar-refractivity contribution in [2.24, 2.45) is 0 Å². The molecule has 4 heterocycles. The van der Waals surface area contributed by atoms with E-state index in [-0.39, 0.29) is 18.1 Å². The number of nitrogens with zero attached hydrogens (tertiary/aromatic N) is 3. The number of pyridine rings is 1. The number of carbonyl (C=O) groups excluding carboxylic acids is 1. The van der Waals surface area contributed by atoms with Gasteiger partial charge in [-0.05, 0) is 37.1 Å². The lowest BCUT2D eigenvalue weighted by Gasteiger charge is -2.46. The summed E-state index contributed by atoms with van der Waals surface area (Å²) in [6, 6.07) is 7.59. The number of rotatable bonds is 3. The van der Waals surface area contributed by atoms with Crippen LogP contribution in [0, 0.1) is 6.92 Å². The summed E-state index contributed by atoms with van der Waals surface area (Å²) in [5, 5.41) is 0. The summed E-state index contributed by atoms with van der Waals surface area (Å²) in [5.74, 6) is 0.359. The van der Waals surface area contributed by atoms with Gasteiger partial charge in [-0.3, -0.25) is 14.7 Å². The van der Waals surface area contributed by atoms with Crippen LogP contribution in [0.2, 0.25) is 0 Å². The first kappa shape index (κ1) is 16.3. The third-order valence-corrected chi connectivity index (χ3v) is 5.15. The third kappa shape index (κ3) is 3.32. The highest BCUT2D eigenvalue weighted by atomic mass is 16.5. The number of amides is 1. The van der Waals surface area contributed by atoms with E-state index < -0.39 is 0 Å². The fraction of sp³-hybridized carbons (Fsp3) is 0.474. The van der Waals surface area contributed by atoms with Gasteiger partial charge in [0.1, 0.15) is 0 Å². The van der Waals surface area contributed by atoms with Gasteiger partial charge < -0.3 is 14.1 Å². The van der Waals surface area contributed by atoms with Gasteiger partial charge in [-0.2, -0.15) is 0 Å². The van der Waals surface area contributed by atoms with Gasteiger partial charge in [-0.1, -0.05) is 6.07 Å². The Kier molecular flexibility index (Phi) is 4.55. The topological polar surface area (TPSA) is 58.8 Å². The number of hydrogen-bond donors (Lipinski definition) is 0. The minimum Gasteiger partial charge on any atom is -0.459 e. The van der Waals surface area contributed by atoms with Gasteiger partial charge in [0.2, 0.25) is 0 Å². The Morgan fingerprint density at radius 1 is 1.32 bits per heavy atom. The third-order valence-electron chi connectivity index (χ3n) is 5.15. The molecule has 0 radical (unpaired) electrons. The zero-order chi connectivity index (χ0) is 17.2. The normalized spacial score (nSPS) is 24.1. The van der Waals surface area contributed by atoms with Crippen molar-refractivity contribution in [2.75, 3.05) is 26.2 Å². The van der Waals surface area contributed by atoms with Crippen molar-refractivity contribution in [3.8, 4) is 0 Å². The van der Waals surface area contributed by atoms with Crippen molar-refractivity contribution in [3.63, 3.8) is 0 Å². The van der Waals surface area contributed by atoms with E-state index in [1.165, 1.54) is 5.56 Å². The quantitative estimate of drug-likeness (QED) is 0.856. The molecule has 0 unspecified atom stereocenters. The molecular formula is C19H23N3O3. The van der Waals surface area contributed by atoms with Crippen LogP contribution in [0.4, 0.5) is 0 Å². The summed E-state index contributed by atoms with van der Waals surface area (Å²) in [7, 11) is 0. The molecule has 0 aliphatic carbocycles. The minimum absolute atomic E-state index is 0.0424. The summed E-state index contributed by atoms with van der Waals surface area (Å²) < 4.78 is 11.2. The molecule has 2 aromatic rings. The van der Waals surface area contributed by atoms with Gasteiger partial charge in [0.05, 0.1) is 30.7 Å². The van der Waals surface area contributed by atoms with Crippen molar-refractivity contribution in [1.82, 2.24) is 14.8 Å². The second kappa shape index (κ2) is 6.98. The second-order valence-electron chi connectivity index (χ2n) is 6.74. The van der Waals surface area contributed by atoms with E-state index in [2.05, 4.69) is 22.9 Å². The molecule has 2 fully saturated rings. The van der Waals surface area contributed by atoms with E-state index in [1.807, 2.05) is 17.2 Å². The zero-order valence-electron chi connectivity index (χ0n) is 14.4. The van der Waals surface area contributed by atoms with Crippen molar-refractivity contribution in [1.29, 1.82) is 0 Å². The summed E-state index contributed by atoms with van der Waals surface area (Å²) in [5.41, 5.74) is 2.30. The van der Waals surface area contributed by atoms with Crippen LogP contribution < -0.4 is 0 Å². The molecule has 132 valence electrons. The average Bonchev–Trinajstić information content (AvgIpc) is 3.17. The van der Waals surface area contributed by atoms with Crippen molar-refractivity contribution in [3.05, 3.63) is 53.7 Å². The van der Waals surface area contributed by atoms with E-state index in [0.29, 0.717) is 18.9 Å². The molecule has 6 heteroatoms. The number of carbonyl (C=O) groups is 1. The van der Waals surface area contributed by atoms with E-state index >= 15 is 0 Å². The summed E-state index contributed by atoms with van der Waals surface area (Å²) >= 11 is 0. The fourth-order valence-electron chi connectivity index (χ4n) is 3.77. The number of piperidine rings is 1. The van der Waals surface area contributed by atoms with Crippen LogP contribution >= 0.6 is 0 Å². The number of aromatic nitrogens is 1. The van der Waals surface area contributed by atoms with Gasteiger partial charge in [0.25, 0.3) is 5.91 Å². The highest BCUT2D eigenvalue weighted by Gasteiger charge is 2.40. The van der Waals surface area contributed by atoms with Crippen molar-refractivity contribution < 1.29 is 13.9 Å². The summed E-state index contributed by atoms with van der Waals surface area (Å²) in [6.07, 6.45) is 4.42. The lowest BCUT2D eigenvalue weighted by molar-refractivity contribution is -0.0921. The number of aryl methyl sites for hydroxylation is 1. The van der Waals surface area contributed by atoms with Crippen molar-refractivity contribution in [2.45, 2.75) is 32.0 Å². The Bertz CT molecular complexity index is 731. The van der Waals surface area contributed by atoms with E-state index in [0.717, 1.165) is 31.7 Å². The number of fused-ring (bicyclic) bond motifs is 1. The molecule has 2 atom stereocenters. The number of hydrogen-bond acceptors (Lipinski definition) is 5. The molecule has 0 aromatic carbocycles. The Morgan fingerprint density at radius 2 is 2.24 bits per heavy atom. The Balaban J connectivity index is 1.49. The number of furan rings is 1. The maximum Gasteiger partial charge on any atom is 0.290 e. The first-order valence-corrected chi connectivity index (χ1v) is 8.81. The number of morpholine rings is 1. The lowest BCUT2D eigenvalue weighted by Crippen LogP contribution is -2.61. The zero-order valence-corrected chi connectivity index (χ0v) is 14.4. The van der Waals surface area contributed by atoms with E-state index in [4.69, 9.17) is 9.15 Å². The van der Waals surface area contributed by atoms with Crippen LogP contribution in [-0.2, 0) is 11.3 Å². The van der Waals surface area contributed by atoms with Crippen LogP contribution in [0.1, 0.15) is 28.2 Å². The largest absolute Gasteiger partial charge is 0.459 e. The maximum atomic E-state index is 12.8. The molecule has 0 N–H and O–H groups in total. The second-order valence-corrected chi connectivity index (χ2v) is 6.74. The van der Waals surface area contributed by atoms with E-state index in [9.17, 15) is 4.79 Å². The van der Waals surface area contributed by atoms with Crippen LogP contribution in [0.3, 0.4) is 0 Å². The van der Waals surface area contributed by atoms with Crippen LogP contribution in [0.25, 0.3) is 0 Å². The SMILES string of the molecule is Cc1cccnc1CN1CC[C@@H]2OCCN(C(=O)c3ccco3)[C@@H]2C1. The lowest BCUT2D eigenvalue weighted by atomic mass is 9.98. The van der Waals surface area contributed by atoms with Crippen LogP contribution in [0.15, 0.2) is 41.1 Å². The molecule has 6 nitrogen and oxygen atoms in total. The first-order chi connectivity index (χ1) is 12.2. The van der Waals surface area contributed by atoms with Gasteiger partial charge in [0, 0.05) is 32.4 Å². The summed E-state index contributed by atoms with van der Waals surface area (Å²) in [4.78, 5) is 21.6. The van der Waals surface area contributed by atoms with Crippen LogP contribution in [0.5, 0.6) is 0 Å². The van der Waals surface area contributed by atoms with Gasteiger partial charge in [-0.15, -0.1) is 0 Å². The molecule has 4 rings (SSSR count). The molecule has 0 spiro atoms. The van der Waals surface area contributed by atoms with Crippen LogP contribution in [-0.4, -0.2) is 59.1 Å². The standard InChI is InChI=1S/C19H23N3O3/c1-14-4-2-7-20-15(14)12-21-8-6-17-16(13-21)22(9-11-25-17)19(23)18-5-3-10-24-18/h2-5,7,10,16-17H,6,8-9,11-13H2,1H3/t16-,17+/m1/s1. The predicted octanol–water partition coefficient (Wildman–Crippen LogP) is 2.10. The molecule has 0 bridgehead atoms. The Hall–Kier alpha value is -2.18. The first-order valence-electron chi connectivity index (χ1n) is 8.81. The summed E-state index contributed by atoms with van der Waals surface area (Å²) in [6.45, 7) is 5.85. The Morgan fingerprint density at radius 3 is 3.04 bits per heavy atom. The van der Waals surface area contributed by atoms with E-state index in [1.54, 1.807) is 18.4 Å². The minimum atomic E-state index is -0.0424. The monoisotopic (exact) mass is 341 g/mol. The molecular weight excluding hydrogens is 318 g/mol. The molecule has 25 heavy (non-hydrogen) atoms. The molecule has 2 saturated heterocycles. The van der Waals surface area contributed by atoms with Gasteiger partial charge in [0.15, 0.2) is 5.76 Å². The number of likely N-dealkylation sites (tertiary alicyclic amines) is 1. The molecule has 1 amide bonds. The average molecular weight is 341 g/mol. The van der Waals surface area contributed by atoms with Crippen molar-refractivity contribution >= 4 is 5.91 Å². The smallest absolute Gasteiger partial charge is 0.290 e. The molecule has 2 aromatic heterocycles. The Labute approximate surface area is 147 Å². The highest BCUT2D eigenvalue weighted by molar-refractivity contribution is 5.91. The molecule has 2 aliphatic heterocycles. The number of ether oxygens (including phenoxy) is 1. The predicted molar refractivity (Wildman–Crippen MR) is 92.1 cm³/mol. The fourth-order valence-corrected chi connectivity index (χ4v) is 3.77. The maximum absolute atomic E-state index is 12.8. The molecule has 2 aliphatic rings. The molecule has 0 saturated carbocycles. The van der Waals surface area contributed by atoms with Gasteiger partial charge in [-0.25, -0.2) is 0 Å². The van der Waals surface area contributed by atoms with Gasteiger partial charge >= 0.3 is 0 Å². The highest BCUT2D eigenvalue weighted by Crippen LogP contribution is 2.26.